The molecule has 0 saturated heterocycles. The number of hydrogen-bond donors (Lipinski definition) is 0. The van der Waals surface area contributed by atoms with Gasteiger partial charge in [0.15, 0.2) is 0 Å². The molecule has 0 spiro atoms. The summed E-state index contributed by atoms with van der Waals surface area (Å²) in [6.45, 7) is 0.975. The minimum atomic E-state index is 0.975. The standard InChI is InChI=1S/C9H8N/c1-3-7-10-8-4-2-6-9(10)5-1/h1-5,8H,7H2. The van der Waals surface area contributed by atoms with Gasteiger partial charge >= 0.3 is 0 Å². The van der Waals surface area contributed by atoms with Crippen LogP contribution < -0.4 is 0 Å². The van der Waals surface area contributed by atoms with E-state index in [9.17, 15) is 0 Å². The largest absolute Gasteiger partial charge is 0.344 e. The van der Waals surface area contributed by atoms with Crippen LogP contribution in [0.2, 0.25) is 0 Å². The van der Waals surface area contributed by atoms with Crippen LogP contribution in [0.5, 0.6) is 0 Å². The van der Waals surface area contributed by atoms with Crippen molar-refractivity contribution in [3.8, 4) is 0 Å². The smallest absolute Gasteiger partial charge is 0.0489 e. The summed E-state index contributed by atoms with van der Waals surface area (Å²) >= 11 is 0. The molecule has 0 unspecified atom stereocenters. The van der Waals surface area contributed by atoms with E-state index in [1.165, 1.54) is 0 Å². The molecule has 0 fully saturated rings. The van der Waals surface area contributed by atoms with Crippen LogP contribution in [0.3, 0.4) is 0 Å². The molecular formula is C9H8N. The molecule has 0 N–H and O–H groups in total. The molecular weight excluding hydrogens is 122 g/mol. The van der Waals surface area contributed by atoms with E-state index in [1.807, 2.05) is 12.2 Å². The molecule has 0 aromatic rings. The maximum absolute atomic E-state index is 3.14. The van der Waals surface area contributed by atoms with Crippen LogP contribution in [-0.2, 0) is 0 Å². The summed E-state index contributed by atoms with van der Waals surface area (Å²) in [5.41, 5.74) is 1.16. The van der Waals surface area contributed by atoms with Gasteiger partial charge in [0.2, 0.25) is 0 Å². The number of fused-ring (bicyclic) bond motifs is 1. The zero-order valence-electron chi connectivity index (χ0n) is 5.62. The van der Waals surface area contributed by atoms with Gasteiger partial charge in [-0.1, -0.05) is 18.2 Å². The average Bonchev–Trinajstić information content (AvgIpc) is 2.05. The Hall–Kier alpha value is -1.24. The van der Waals surface area contributed by atoms with E-state index in [0.29, 0.717) is 0 Å². The fourth-order valence-electron chi connectivity index (χ4n) is 1.08. The SMILES string of the molecule is [C]1=CC=CN2CC=CC=C12. The lowest BCUT2D eigenvalue weighted by Gasteiger charge is -2.23. The highest BCUT2D eigenvalue weighted by Crippen LogP contribution is 2.13. The Morgan fingerprint density at radius 2 is 2.40 bits per heavy atom. The lowest BCUT2D eigenvalue weighted by Crippen LogP contribution is -2.18. The van der Waals surface area contributed by atoms with E-state index >= 15 is 0 Å². The highest BCUT2D eigenvalue weighted by atomic mass is 15.1. The van der Waals surface area contributed by atoms with E-state index in [0.717, 1.165) is 12.2 Å². The number of nitrogens with zero attached hydrogens (tertiary/aromatic N) is 1. The zero-order valence-corrected chi connectivity index (χ0v) is 5.62. The van der Waals surface area contributed by atoms with E-state index in [2.05, 4.69) is 35.4 Å². The predicted molar refractivity (Wildman–Crippen MR) is 40.9 cm³/mol. The van der Waals surface area contributed by atoms with Crippen molar-refractivity contribution in [2.75, 3.05) is 6.54 Å². The topological polar surface area (TPSA) is 3.24 Å². The second-order valence-electron chi connectivity index (χ2n) is 2.28. The Kier molecular flexibility index (Phi) is 1.21. The molecule has 1 nitrogen and oxygen atoms in total. The minimum Gasteiger partial charge on any atom is -0.344 e. The first-order valence-corrected chi connectivity index (χ1v) is 3.37. The van der Waals surface area contributed by atoms with Gasteiger partial charge in [-0.2, -0.15) is 0 Å². The summed E-state index contributed by atoms with van der Waals surface area (Å²) in [5.74, 6) is 0. The van der Waals surface area contributed by atoms with Crippen LogP contribution in [0, 0.1) is 6.08 Å². The Bertz CT molecular complexity index is 243. The summed E-state index contributed by atoms with van der Waals surface area (Å²) in [4.78, 5) is 2.15. The van der Waals surface area contributed by atoms with E-state index in [4.69, 9.17) is 0 Å². The van der Waals surface area contributed by atoms with Gasteiger partial charge in [-0.25, -0.2) is 0 Å². The minimum absolute atomic E-state index is 0.975. The third kappa shape index (κ3) is 0.798. The molecule has 1 radical (unpaired) electrons. The van der Waals surface area contributed by atoms with Crippen molar-refractivity contribution < 1.29 is 0 Å². The molecule has 0 aromatic heterocycles. The number of rotatable bonds is 0. The molecule has 0 bridgehead atoms. The molecule has 49 valence electrons. The van der Waals surface area contributed by atoms with Gasteiger partial charge in [-0.15, -0.1) is 0 Å². The first kappa shape index (κ1) is 5.54. The lowest BCUT2D eigenvalue weighted by atomic mass is 10.2. The van der Waals surface area contributed by atoms with Crippen LogP contribution >= 0.6 is 0 Å². The molecule has 0 atom stereocenters. The third-order valence-corrected chi connectivity index (χ3v) is 1.60. The van der Waals surface area contributed by atoms with Gasteiger partial charge < -0.3 is 4.90 Å². The molecule has 0 aromatic carbocycles. The maximum Gasteiger partial charge on any atom is 0.0489 e. The maximum atomic E-state index is 3.14. The summed E-state index contributed by atoms with van der Waals surface area (Å²) in [6.07, 6.45) is 15.4. The van der Waals surface area contributed by atoms with Crippen LogP contribution in [0.25, 0.3) is 0 Å². The van der Waals surface area contributed by atoms with Crippen molar-refractivity contribution in [3.63, 3.8) is 0 Å². The quantitative estimate of drug-likeness (QED) is 0.481. The van der Waals surface area contributed by atoms with Gasteiger partial charge in [0.25, 0.3) is 0 Å². The summed E-state index contributed by atoms with van der Waals surface area (Å²) in [5, 5.41) is 0. The highest BCUT2D eigenvalue weighted by molar-refractivity contribution is 5.29. The Labute approximate surface area is 60.6 Å². The van der Waals surface area contributed by atoms with Crippen LogP contribution in [0.15, 0.2) is 42.3 Å². The molecule has 0 amide bonds. The normalized spacial score (nSPS) is 20.8. The molecule has 1 heteroatoms. The molecule has 0 aliphatic carbocycles. The molecule has 2 aliphatic heterocycles. The van der Waals surface area contributed by atoms with Gasteiger partial charge in [-0.3, -0.25) is 0 Å². The molecule has 2 aliphatic rings. The van der Waals surface area contributed by atoms with E-state index in [-0.39, 0.29) is 0 Å². The monoisotopic (exact) mass is 130 g/mol. The van der Waals surface area contributed by atoms with Crippen molar-refractivity contribution in [1.82, 2.24) is 4.90 Å². The van der Waals surface area contributed by atoms with Gasteiger partial charge in [0.1, 0.15) is 0 Å². The fourth-order valence-corrected chi connectivity index (χ4v) is 1.08. The van der Waals surface area contributed by atoms with Crippen LogP contribution in [0.1, 0.15) is 0 Å². The Balaban J connectivity index is 2.34. The van der Waals surface area contributed by atoms with Gasteiger partial charge in [0.05, 0.1) is 0 Å². The van der Waals surface area contributed by atoms with E-state index < -0.39 is 0 Å². The number of hydrogen-bond acceptors (Lipinski definition) is 1. The zero-order chi connectivity index (χ0) is 6.81. The molecule has 10 heavy (non-hydrogen) atoms. The summed E-state index contributed by atoms with van der Waals surface area (Å²) in [7, 11) is 0. The molecule has 2 heterocycles. The van der Waals surface area contributed by atoms with Gasteiger partial charge in [-0.05, 0) is 12.2 Å². The first-order valence-electron chi connectivity index (χ1n) is 3.37. The highest BCUT2D eigenvalue weighted by Gasteiger charge is 2.05. The van der Waals surface area contributed by atoms with Crippen LogP contribution in [0.4, 0.5) is 0 Å². The van der Waals surface area contributed by atoms with Crippen molar-refractivity contribution in [2.24, 2.45) is 0 Å². The van der Waals surface area contributed by atoms with Crippen LogP contribution in [-0.4, -0.2) is 11.4 Å². The van der Waals surface area contributed by atoms with Crippen molar-refractivity contribution >= 4 is 0 Å². The van der Waals surface area contributed by atoms with Crippen molar-refractivity contribution in [1.29, 1.82) is 0 Å². The second-order valence-corrected chi connectivity index (χ2v) is 2.28. The third-order valence-electron chi connectivity index (χ3n) is 1.60. The fraction of sp³-hybridized carbons (Fsp3) is 0.111. The predicted octanol–water partition coefficient (Wildman–Crippen LogP) is 1.63. The molecule has 0 saturated carbocycles. The summed E-state index contributed by atoms with van der Waals surface area (Å²) < 4.78 is 0. The lowest BCUT2D eigenvalue weighted by molar-refractivity contribution is 0.519. The molecule has 2 rings (SSSR count). The second kappa shape index (κ2) is 2.18. The van der Waals surface area contributed by atoms with E-state index in [1.54, 1.807) is 0 Å². The number of allylic oxidation sites excluding steroid dienone is 5. The van der Waals surface area contributed by atoms with Gasteiger partial charge in [0, 0.05) is 24.5 Å². The summed E-state index contributed by atoms with van der Waals surface area (Å²) in [6, 6.07) is 0. The Morgan fingerprint density at radius 3 is 3.30 bits per heavy atom. The average molecular weight is 130 g/mol. The Morgan fingerprint density at radius 1 is 1.40 bits per heavy atom. The van der Waals surface area contributed by atoms with Crippen molar-refractivity contribution in [2.45, 2.75) is 0 Å². The van der Waals surface area contributed by atoms with Crippen molar-refractivity contribution in [3.05, 3.63) is 48.4 Å². The first-order chi connectivity index (χ1) is 4.97.